The topological polar surface area (TPSA) is 17.1 Å². The number of ketones is 1. The fourth-order valence-electron chi connectivity index (χ4n) is 2.47. The standard InChI is InChI=1S/C12H12ClF3OS/c13-10-6-5-9(18-10)11(17)7-3-1-2-4-8(7)12(14,15)16/h5-8H,1-4H2. The summed E-state index contributed by atoms with van der Waals surface area (Å²) in [6.07, 6.45) is -2.69. The number of hydrogen-bond donors (Lipinski definition) is 0. The highest BCUT2D eigenvalue weighted by molar-refractivity contribution is 7.18. The van der Waals surface area contributed by atoms with Crippen molar-refractivity contribution in [3.05, 3.63) is 21.3 Å². The highest BCUT2D eigenvalue weighted by Crippen LogP contribution is 2.43. The van der Waals surface area contributed by atoms with E-state index in [9.17, 15) is 18.0 Å². The molecule has 2 rings (SSSR count). The maximum absolute atomic E-state index is 12.9. The second kappa shape index (κ2) is 5.21. The first-order valence-electron chi connectivity index (χ1n) is 5.76. The Labute approximate surface area is 112 Å². The molecule has 0 saturated heterocycles. The van der Waals surface area contributed by atoms with Gasteiger partial charge in [-0.3, -0.25) is 4.79 Å². The van der Waals surface area contributed by atoms with Gasteiger partial charge in [-0.05, 0) is 25.0 Å². The van der Waals surface area contributed by atoms with E-state index in [1.807, 2.05) is 0 Å². The monoisotopic (exact) mass is 296 g/mol. The molecule has 1 fully saturated rings. The van der Waals surface area contributed by atoms with E-state index in [2.05, 4.69) is 0 Å². The Balaban J connectivity index is 2.21. The van der Waals surface area contributed by atoms with Gasteiger partial charge in [0.1, 0.15) is 0 Å². The number of carbonyl (C=O) groups is 1. The lowest BCUT2D eigenvalue weighted by atomic mass is 9.76. The zero-order chi connectivity index (χ0) is 13.3. The Kier molecular flexibility index (Phi) is 4.02. The van der Waals surface area contributed by atoms with E-state index < -0.39 is 23.8 Å². The van der Waals surface area contributed by atoms with Gasteiger partial charge in [-0.1, -0.05) is 24.4 Å². The molecular formula is C12H12ClF3OS. The highest BCUT2D eigenvalue weighted by atomic mass is 35.5. The number of thiophene rings is 1. The van der Waals surface area contributed by atoms with Crippen LogP contribution in [0, 0.1) is 11.8 Å². The summed E-state index contributed by atoms with van der Waals surface area (Å²) in [5.41, 5.74) is 0. The van der Waals surface area contributed by atoms with Crippen LogP contribution < -0.4 is 0 Å². The minimum Gasteiger partial charge on any atom is -0.293 e. The van der Waals surface area contributed by atoms with E-state index in [1.54, 1.807) is 6.07 Å². The summed E-state index contributed by atoms with van der Waals surface area (Å²) in [7, 11) is 0. The molecule has 1 aromatic rings. The number of carbonyl (C=O) groups excluding carboxylic acids is 1. The minimum atomic E-state index is -4.29. The van der Waals surface area contributed by atoms with Gasteiger partial charge in [0.25, 0.3) is 0 Å². The van der Waals surface area contributed by atoms with Crippen LogP contribution >= 0.6 is 22.9 Å². The predicted molar refractivity (Wildman–Crippen MR) is 65.2 cm³/mol. The molecule has 2 atom stereocenters. The number of hydrogen-bond acceptors (Lipinski definition) is 2. The van der Waals surface area contributed by atoms with Crippen LogP contribution in [-0.4, -0.2) is 12.0 Å². The molecule has 1 saturated carbocycles. The van der Waals surface area contributed by atoms with E-state index in [-0.39, 0.29) is 6.42 Å². The third-order valence-electron chi connectivity index (χ3n) is 3.34. The zero-order valence-corrected chi connectivity index (χ0v) is 11.0. The van der Waals surface area contributed by atoms with Crippen molar-refractivity contribution in [1.82, 2.24) is 0 Å². The van der Waals surface area contributed by atoms with E-state index in [0.717, 1.165) is 11.3 Å². The molecule has 1 nitrogen and oxygen atoms in total. The van der Waals surface area contributed by atoms with Gasteiger partial charge in [-0.15, -0.1) is 11.3 Å². The van der Waals surface area contributed by atoms with Crippen molar-refractivity contribution in [2.75, 3.05) is 0 Å². The molecule has 0 aliphatic heterocycles. The van der Waals surface area contributed by atoms with Crippen LogP contribution in [-0.2, 0) is 0 Å². The number of rotatable bonds is 2. The third-order valence-corrected chi connectivity index (χ3v) is 4.58. The van der Waals surface area contributed by atoms with Gasteiger partial charge in [0, 0.05) is 5.92 Å². The van der Waals surface area contributed by atoms with Crippen molar-refractivity contribution in [3.63, 3.8) is 0 Å². The molecule has 100 valence electrons. The van der Waals surface area contributed by atoms with Gasteiger partial charge >= 0.3 is 6.18 Å². The molecule has 1 aromatic heterocycles. The van der Waals surface area contributed by atoms with Gasteiger partial charge in [-0.2, -0.15) is 13.2 Å². The SMILES string of the molecule is O=C(c1ccc(Cl)s1)C1CCCCC1C(F)(F)F. The second-order valence-electron chi connectivity index (χ2n) is 4.51. The van der Waals surface area contributed by atoms with Crippen LogP contribution in [0.3, 0.4) is 0 Å². The van der Waals surface area contributed by atoms with Gasteiger partial charge in [0.05, 0.1) is 15.1 Å². The summed E-state index contributed by atoms with van der Waals surface area (Å²) in [4.78, 5) is 12.5. The second-order valence-corrected chi connectivity index (χ2v) is 6.22. The molecule has 0 radical (unpaired) electrons. The first-order valence-corrected chi connectivity index (χ1v) is 6.95. The van der Waals surface area contributed by atoms with Gasteiger partial charge in [0.15, 0.2) is 5.78 Å². The van der Waals surface area contributed by atoms with Gasteiger partial charge in [0.2, 0.25) is 0 Å². The quantitative estimate of drug-likeness (QED) is 0.706. The molecule has 0 N–H and O–H groups in total. The summed E-state index contributed by atoms with van der Waals surface area (Å²) in [6.45, 7) is 0. The Morgan fingerprint density at radius 2 is 1.94 bits per heavy atom. The summed E-state index contributed by atoms with van der Waals surface area (Å²) in [6, 6.07) is 3.06. The van der Waals surface area contributed by atoms with Crippen molar-refractivity contribution in [2.45, 2.75) is 31.9 Å². The maximum Gasteiger partial charge on any atom is 0.392 e. The van der Waals surface area contributed by atoms with Crippen molar-refractivity contribution in [2.24, 2.45) is 11.8 Å². The van der Waals surface area contributed by atoms with Crippen molar-refractivity contribution in [3.8, 4) is 0 Å². The zero-order valence-electron chi connectivity index (χ0n) is 9.47. The fraction of sp³-hybridized carbons (Fsp3) is 0.583. The van der Waals surface area contributed by atoms with Crippen molar-refractivity contribution < 1.29 is 18.0 Å². The van der Waals surface area contributed by atoms with Crippen LogP contribution in [0.15, 0.2) is 12.1 Å². The van der Waals surface area contributed by atoms with E-state index in [1.165, 1.54) is 6.07 Å². The third kappa shape index (κ3) is 2.88. The summed E-state index contributed by atoms with van der Waals surface area (Å²) in [5, 5.41) is 0. The molecule has 0 aromatic carbocycles. The molecule has 2 unspecified atom stereocenters. The van der Waals surface area contributed by atoms with Crippen molar-refractivity contribution >= 4 is 28.7 Å². The van der Waals surface area contributed by atoms with Gasteiger partial charge in [-0.25, -0.2) is 0 Å². The van der Waals surface area contributed by atoms with Crippen molar-refractivity contribution in [1.29, 1.82) is 0 Å². The number of alkyl halides is 3. The Bertz CT molecular complexity index is 441. The highest BCUT2D eigenvalue weighted by Gasteiger charge is 2.48. The molecule has 1 aliphatic carbocycles. The average molecular weight is 297 g/mol. The number of halogens is 4. The lowest BCUT2D eigenvalue weighted by molar-refractivity contribution is -0.190. The molecule has 1 heterocycles. The normalized spacial score (nSPS) is 25.1. The maximum atomic E-state index is 12.9. The molecule has 0 bridgehead atoms. The molecule has 6 heteroatoms. The predicted octanol–water partition coefficient (Wildman–Crippen LogP) is 4.95. The van der Waals surface area contributed by atoms with Crippen LogP contribution in [0.5, 0.6) is 0 Å². The van der Waals surface area contributed by atoms with Crippen LogP contribution in [0.1, 0.15) is 35.4 Å². The molecule has 1 aliphatic rings. The van der Waals surface area contributed by atoms with E-state index >= 15 is 0 Å². The molecular weight excluding hydrogens is 285 g/mol. The average Bonchev–Trinajstić information content (AvgIpc) is 2.74. The Hall–Kier alpha value is -0.550. The summed E-state index contributed by atoms with van der Waals surface area (Å²) >= 11 is 6.76. The van der Waals surface area contributed by atoms with E-state index in [4.69, 9.17) is 11.6 Å². The summed E-state index contributed by atoms with van der Waals surface area (Å²) in [5.74, 6) is -2.85. The Morgan fingerprint density at radius 3 is 2.50 bits per heavy atom. The largest absolute Gasteiger partial charge is 0.392 e. The summed E-state index contributed by atoms with van der Waals surface area (Å²) < 4.78 is 39.1. The molecule has 0 spiro atoms. The number of Topliss-reactive ketones (excluding diaryl/α,β-unsaturated/α-hetero) is 1. The lowest BCUT2D eigenvalue weighted by Crippen LogP contribution is -2.37. The minimum absolute atomic E-state index is 0.0546. The smallest absolute Gasteiger partial charge is 0.293 e. The fourth-order valence-corrected chi connectivity index (χ4v) is 3.51. The molecule has 0 amide bonds. The van der Waals surface area contributed by atoms with Gasteiger partial charge < -0.3 is 0 Å². The first kappa shape index (κ1) is 13.9. The van der Waals surface area contributed by atoms with Crippen LogP contribution in [0.25, 0.3) is 0 Å². The Morgan fingerprint density at radius 1 is 1.28 bits per heavy atom. The van der Waals surface area contributed by atoms with Crippen LogP contribution in [0.2, 0.25) is 4.34 Å². The first-order chi connectivity index (χ1) is 8.39. The lowest BCUT2D eigenvalue weighted by Gasteiger charge is -2.31. The molecule has 18 heavy (non-hydrogen) atoms. The van der Waals surface area contributed by atoms with E-state index in [0.29, 0.717) is 28.5 Å². The van der Waals surface area contributed by atoms with Crippen LogP contribution in [0.4, 0.5) is 13.2 Å².